The Hall–Kier alpha value is -4.26. The maximum atomic E-state index is 13.1. The fraction of sp³-hybridized carbons (Fsp3) is 0.185. The van der Waals surface area contributed by atoms with Gasteiger partial charge in [-0.3, -0.25) is 0 Å². The Morgan fingerprint density at radius 3 is 2.29 bits per heavy atom. The number of para-hydroxylation sites is 1. The standard InChI is InChI=1S/C27H26N2O5/c1-18-24(26(30)34-17-20-12-14-21(32-2)15-13-20)25(29-27(31)28-18)22-10-6-7-11-23(22)33-16-19-8-4-3-5-9-19/h3-15,25H,16-17H2,1-2H3,(H2,28,29,31). The minimum Gasteiger partial charge on any atom is -0.497 e. The van der Waals surface area contributed by atoms with Crippen molar-refractivity contribution in [1.82, 2.24) is 10.6 Å². The Morgan fingerprint density at radius 2 is 1.56 bits per heavy atom. The van der Waals surface area contributed by atoms with E-state index in [0.29, 0.717) is 29.2 Å². The number of allylic oxidation sites excluding steroid dienone is 1. The van der Waals surface area contributed by atoms with E-state index in [4.69, 9.17) is 14.2 Å². The lowest BCUT2D eigenvalue weighted by Gasteiger charge is -2.29. The van der Waals surface area contributed by atoms with Crippen molar-refractivity contribution in [2.75, 3.05) is 7.11 Å². The maximum Gasteiger partial charge on any atom is 0.338 e. The topological polar surface area (TPSA) is 85.9 Å². The zero-order valence-corrected chi connectivity index (χ0v) is 19.0. The fourth-order valence-corrected chi connectivity index (χ4v) is 3.73. The van der Waals surface area contributed by atoms with E-state index in [-0.39, 0.29) is 6.61 Å². The highest BCUT2D eigenvalue weighted by molar-refractivity contribution is 5.95. The molecule has 1 aliphatic heterocycles. The van der Waals surface area contributed by atoms with E-state index in [1.165, 1.54) is 0 Å². The molecule has 0 aliphatic carbocycles. The van der Waals surface area contributed by atoms with Gasteiger partial charge in [-0.25, -0.2) is 9.59 Å². The third kappa shape index (κ3) is 5.38. The van der Waals surface area contributed by atoms with E-state index in [0.717, 1.165) is 16.9 Å². The number of carbonyl (C=O) groups is 2. The van der Waals surface area contributed by atoms with Crippen molar-refractivity contribution in [3.8, 4) is 11.5 Å². The first-order valence-electron chi connectivity index (χ1n) is 10.9. The van der Waals surface area contributed by atoms with E-state index in [2.05, 4.69) is 10.6 Å². The van der Waals surface area contributed by atoms with E-state index in [1.807, 2.05) is 66.7 Å². The Morgan fingerprint density at radius 1 is 0.882 bits per heavy atom. The number of amides is 2. The number of methoxy groups -OCH3 is 1. The Kier molecular flexibility index (Phi) is 7.13. The van der Waals surface area contributed by atoms with Crippen LogP contribution in [0.4, 0.5) is 4.79 Å². The molecule has 3 aromatic rings. The molecule has 4 rings (SSSR count). The molecule has 0 fully saturated rings. The maximum absolute atomic E-state index is 13.1. The van der Waals surface area contributed by atoms with Crippen LogP contribution >= 0.6 is 0 Å². The highest BCUT2D eigenvalue weighted by Gasteiger charge is 2.34. The molecule has 0 aromatic heterocycles. The highest BCUT2D eigenvalue weighted by Crippen LogP contribution is 2.34. The summed E-state index contributed by atoms with van der Waals surface area (Å²) in [6, 6.07) is 23.3. The average molecular weight is 459 g/mol. The number of urea groups is 1. The smallest absolute Gasteiger partial charge is 0.338 e. The molecule has 2 amide bonds. The number of hydrogen-bond donors (Lipinski definition) is 2. The summed E-state index contributed by atoms with van der Waals surface area (Å²) in [5, 5.41) is 5.51. The molecule has 3 aromatic carbocycles. The van der Waals surface area contributed by atoms with Gasteiger partial charge in [0.1, 0.15) is 24.7 Å². The Labute approximate surface area is 198 Å². The largest absolute Gasteiger partial charge is 0.497 e. The van der Waals surface area contributed by atoms with Gasteiger partial charge in [0.2, 0.25) is 0 Å². The lowest BCUT2D eigenvalue weighted by atomic mass is 9.95. The van der Waals surface area contributed by atoms with E-state index in [1.54, 1.807) is 26.2 Å². The summed E-state index contributed by atoms with van der Waals surface area (Å²) in [5.74, 6) is 0.774. The van der Waals surface area contributed by atoms with Crippen LogP contribution in [0, 0.1) is 0 Å². The van der Waals surface area contributed by atoms with Crippen molar-refractivity contribution in [3.05, 3.63) is 107 Å². The number of hydrogen-bond acceptors (Lipinski definition) is 5. The SMILES string of the molecule is COc1ccc(COC(=O)C2=C(C)NC(=O)NC2c2ccccc2OCc2ccccc2)cc1. The summed E-state index contributed by atoms with van der Waals surface area (Å²) in [5.41, 5.74) is 3.26. The number of rotatable bonds is 8. The summed E-state index contributed by atoms with van der Waals surface area (Å²) in [6.45, 7) is 2.13. The van der Waals surface area contributed by atoms with Crippen molar-refractivity contribution in [3.63, 3.8) is 0 Å². The molecular formula is C27H26N2O5. The normalized spacial score (nSPS) is 15.2. The number of nitrogens with one attached hydrogen (secondary N) is 2. The van der Waals surface area contributed by atoms with Crippen molar-refractivity contribution in [2.45, 2.75) is 26.2 Å². The first-order chi connectivity index (χ1) is 16.5. The predicted octanol–water partition coefficient (Wildman–Crippen LogP) is 4.65. The molecule has 1 unspecified atom stereocenters. The van der Waals surface area contributed by atoms with Gasteiger partial charge in [-0.1, -0.05) is 60.7 Å². The van der Waals surface area contributed by atoms with Crippen LogP contribution in [0.25, 0.3) is 0 Å². The van der Waals surface area contributed by atoms with Crippen molar-refractivity contribution in [1.29, 1.82) is 0 Å². The van der Waals surface area contributed by atoms with Gasteiger partial charge in [0.05, 0.1) is 18.7 Å². The van der Waals surface area contributed by atoms with Crippen LogP contribution in [0.3, 0.4) is 0 Å². The number of esters is 1. The van der Waals surface area contributed by atoms with Crippen LogP contribution in [-0.4, -0.2) is 19.1 Å². The van der Waals surface area contributed by atoms with E-state index in [9.17, 15) is 9.59 Å². The average Bonchev–Trinajstić information content (AvgIpc) is 2.86. The van der Waals surface area contributed by atoms with Crippen LogP contribution in [0.2, 0.25) is 0 Å². The summed E-state index contributed by atoms with van der Waals surface area (Å²) >= 11 is 0. The number of ether oxygens (including phenoxy) is 3. The van der Waals surface area contributed by atoms with Gasteiger partial charge in [0, 0.05) is 11.3 Å². The molecule has 1 aliphatic rings. The molecule has 2 N–H and O–H groups in total. The lowest BCUT2D eigenvalue weighted by molar-refractivity contribution is -0.140. The Bertz CT molecular complexity index is 1190. The second kappa shape index (κ2) is 10.6. The van der Waals surface area contributed by atoms with Gasteiger partial charge in [-0.2, -0.15) is 0 Å². The second-order valence-electron chi connectivity index (χ2n) is 7.81. The van der Waals surface area contributed by atoms with Gasteiger partial charge in [0.25, 0.3) is 0 Å². The molecule has 1 heterocycles. The van der Waals surface area contributed by atoms with Crippen LogP contribution in [-0.2, 0) is 22.7 Å². The highest BCUT2D eigenvalue weighted by atomic mass is 16.5. The van der Waals surface area contributed by atoms with Crippen molar-refractivity contribution < 1.29 is 23.8 Å². The first-order valence-corrected chi connectivity index (χ1v) is 10.9. The monoisotopic (exact) mass is 458 g/mol. The Balaban J connectivity index is 1.55. The summed E-state index contributed by atoms with van der Waals surface area (Å²) in [4.78, 5) is 25.4. The van der Waals surface area contributed by atoms with Crippen LogP contribution < -0.4 is 20.1 Å². The summed E-state index contributed by atoms with van der Waals surface area (Å²) in [6.07, 6.45) is 0. The van der Waals surface area contributed by atoms with Crippen LogP contribution in [0.15, 0.2) is 90.1 Å². The van der Waals surface area contributed by atoms with Crippen molar-refractivity contribution in [2.24, 2.45) is 0 Å². The second-order valence-corrected chi connectivity index (χ2v) is 7.81. The van der Waals surface area contributed by atoms with Gasteiger partial charge in [-0.15, -0.1) is 0 Å². The van der Waals surface area contributed by atoms with Gasteiger partial charge >= 0.3 is 12.0 Å². The quantitative estimate of drug-likeness (QED) is 0.480. The minimum atomic E-state index is -0.718. The predicted molar refractivity (Wildman–Crippen MR) is 127 cm³/mol. The zero-order chi connectivity index (χ0) is 23.9. The molecule has 0 saturated carbocycles. The third-order valence-electron chi connectivity index (χ3n) is 5.49. The van der Waals surface area contributed by atoms with Gasteiger partial charge in [0.15, 0.2) is 0 Å². The number of carbonyl (C=O) groups excluding carboxylic acids is 2. The molecule has 0 bridgehead atoms. The van der Waals surface area contributed by atoms with Crippen molar-refractivity contribution >= 4 is 12.0 Å². The van der Waals surface area contributed by atoms with Crippen LogP contribution in [0.1, 0.15) is 29.7 Å². The molecule has 0 saturated heterocycles. The number of benzene rings is 3. The molecular weight excluding hydrogens is 432 g/mol. The molecule has 174 valence electrons. The third-order valence-corrected chi connectivity index (χ3v) is 5.49. The van der Waals surface area contributed by atoms with E-state index < -0.39 is 18.0 Å². The molecule has 7 heteroatoms. The lowest BCUT2D eigenvalue weighted by Crippen LogP contribution is -2.45. The molecule has 0 spiro atoms. The molecule has 1 atom stereocenters. The van der Waals surface area contributed by atoms with Gasteiger partial charge in [-0.05, 0) is 36.2 Å². The summed E-state index contributed by atoms with van der Waals surface area (Å²) < 4.78 is 16.8. The fourth-order valence-electron chi connectivity index (χ4n) is 3.73. The van der Waals surface area contributed by atoms with Gasteiger partial charge < -0.3 is 24.8 Å². The molecule has 0 radical (unpaired) electrons. The molecule has 7 nitrogen and oxygen atoms in total. The first kappa shape index (κ1) is 22.9. The summed E-state index contributed by atoms with van der Waals surface area (Å²) in [7, 11) is 1.59. The zero-order valence-electron chi connectivity index (χ0n) is 19.0. The minimum absolute atomic E-state index is 0.0897. The van der Waals surface area contributed by atoms with Crippen LogP contribution in [0.5, 0.6) is 11.5 Å². The van der Waals surface area contributed by atoms with E-state index >= 15 is 0 Å². The molecule has 34 heavy (non-hydrogen) atoms.